The van der Waals surface area contributed by atoms with Crippen LogP contribution in [0.1, 0.15) is 6.42 Å². The van der Waals surface area contributed by atoms with E-state index in [9.17, 15) is 0 Å². The summed E-state index contributed by atoms with van der Waals surface area (Å²) in [5, 5.41) is 3.32. The molecule has 1 atom stereocenters. The van der Waals surface area contributed by atoms with Gasteiger partial charge in [-0.3, -0.25) is 0 Å². The Balaban J connectivity index is 2.24. The Labute approximate surface area is 118 Å². The van der Waals surface area contributed by atoms with Crippen LogP contribution in [0.5, 0.6) is 0 Å². The Kier molecular flexibility index (Phi) is 5.03. The highest BCUT2D eigenvalue weighted by atomic mass is 79.9. The molecule has 0 aliphatic carbocycles. The van der Waals surface area contributed by atoms with Crippen molar-refractivity contribution in [1.29, 1.82) is 0 Å². The molecule has 1 fully saturated rings. The molecule has 0 bridgehead atoms. The Morgan fingerprint density at radius 2 is 2.11 bits per heavy atom. The molecule has 1 N–H and O–H groups in total. The summed E-state index contributed by atoms with van der Waals surface area (Å²) < 4.78 is 1.19. The number of likely N-dealkylation sites (N-methyl/N-ethyl adjacent to an activating group) is 2. The summed E-state index contributed by atoms with van der Waals surface area (Å²) >= 11 is 3.68. The Morgan fingerprint density at radius 1 is 1.33 bits per heavy atom. The molecule has 0 saturated carbocycles. The Morgan fingerprint density at radius 3 is 2.83 bits per heavy atom. The van der Waals surface area contributed by atoms with E-state index in [2.05, 4.69) is 62.4 Å². The highest BCUT2D eigenvalue weighted by Crippen LogP contribution is 2.28. The normalized spacial score (nSPS) is 21.9. The Bertz CT molecular complexity index is 383. The van der Waals surface area contributed by atoms with Crippen LogP contribution in [0.3, 0.4) is 0 Å². The van der Waals surface area contributed by atoms with Gasteiger partial charge in [0.15, 0.2) is 0 Å². The fraction of sp³-hybridized carbons (Fsp3) is 0.571. The van der Waals surface area contributed by atoms with Crippen molar-refractivity contribution in [3.05, 3.63) is 28.7 Å². The monoisotopic (exact) mass is 311 g/mol. The SMILES string of the molecule is CNCC1CN(C)CCCN1c1ccccc1Br. The molecule has 4 heteroatoms. The predicted octanol–water partition coefficient (Wildman–Crippen LogP) is 2.18. The highest BCUT2D eigenvalue weighted by molar-refractivity contribution is 9.10. The van der Waals surface area contributed by atoms with Gasteiger partial charge in [0, 0.05) is 24.1 Å². The molecular formula is C14H22BrN3. The zero-order chi connectivity index (χ0) is 13.0. The average molecular weight is 312 g/mol. The lowest BCUT2D eigenvalue weighted by atomic mass is 10.2. The third-order valence-electron chi connectivity index (χ3n) is 3.50. The second-order valence-electron chi connectivity index (χ2n) is 4.97. The molecule has 0 spiro atoms. The van der Waals surface area contributed by atoms with Gasteiger partial charge in [0.05, 0.1) is 11.7 Å². The van der Waals surface area contributed by atoms with Gasteiger partial charge in [-0.15, -0.1) is 0 Å². The minimum atomic E-state index is 0.529. The molecule has 1 heterocycles. The van der Waals surface area contributed by atoms with E-state index in [1.54, 1.807) is 0 Å². The molecule has 2 rings (SSSR count). The van der Waals surface area contributed by atoms with Crippen LogP contribution >= 0.6 is 15.9 Å². The number of nitrogens with zero attached hydrogens (tertiary/aromatic N) is 2. The van der Waals surface area contributed by atoms with Crippen molar-refractivity contribution in [2.24, 2.45) is 0 Å². The standard InChI is InChI=1S/C14H22BrN3/c1-16-10-12-11-17(2)8-5-9-18(12)14-7-4-3-6-13(14)15/h3-4,6-7,12,16H,5,8-11H2,1-2H3. The van der Waals surface area contributed by atoms with E-state index >= 15 is 0 Å². The molecule has 0 radical (unpaired) electrons. The third-order valence-corrected chi connectivity index (χ3v) is 4.17. The van der Waals surface area contributed by atoms with Gasteiger partial charge in [0.1, 0.15) is 0 Å². The average Bonchev–Trinajstić information content (AvgIpc) is 2.52. The van der Waals surface area contributed by atoms with Crippen molar-refractivity contribution < 1.29 is 0 Å². The molecule has 1 saturated heterocycles. The van der Waals surface area contributed by atoms with Crippen molar-refractivity contribution in [3.8, 4) is 0 Å². The van der Waals surface area contributed by atoms with E-state index in [0.29, 0.717) is 6.04 Å². The van der Waals surface area contributed by atoms with Gasteiger partial charge >= 0.3 is 0 Å². The number of anilines is 1. The van der Waals surface area contributed by atoms with E-state index in [0.717, 1.165) is 19.6 Å². The van der Waals surface area contributed by atoms with Gasteiger partial charge in [-0.25, -0.2) is 0 Å². The number of rotatable bonds is 3. The summed E-state index contributed by atoms with van der Waals surface area (Å²) in [6.45, 7) is 4.44. The van der Waals surface area contributed by atoms with Gasteiger partial charge in [-0.2, -0.15) is 0 Å². The number of hydrogen-bond donors (Lipinski definition) is 1. The van der Waals surface area contributed by atoms with Crippen molar-refractivity contribution in [2.75, 3.05) is 45.2 Å². The second-order valence-corrected chi connectivity index (χ2v) is 5.83. The summed E-state index contributed by atoms with van der Waals surface area (Å²) in [5.41, 5.74) is 1.31. The summed E-state index contributed by atoms with van der Waals surface area (Å²) in [6, 6.07) is 9.05. The molecule has 3 nitrogen and oxygen atoms in total. The first-order chi connectivity index (χ1) is 8.72. The maximum Gasteiger partial charge on any atom is 0.0541 e. The number of hydrogen-bond acceptors (Lipinski definition) is 3. The van der Waals surface area contributed by atoms with Crippen LogP contribution in [0.4, 0.5) is 5.69 Å². The minimum absolute atomic E-state index is 0.529. The van der Waals surface area contributed by atoms with Crippen molar-refractivity contribution in [2.45, 2.75) is 12.5 Å². The number of benzene rings is 1. The molecule has 1 aromatic rings. The van der Waals surface area contributed by atoms with Gasteiger partial charge in [0.2, 0.25) is 0 Å². The van der Waals surface area contributed by atoms with E-state index < -0.39 is 0 Å². The van der Waals surface area contributed by atoms with Crippen LogP contribution < -0.4 is 10.2 Å². The first kappa shape index (κ1) is 13.8. The van der Waals surface area contributed by atoms with E-state index in [-0.39, 0.29) is 0 Å². The van der Waals surface area contributed by atoms with Crippen LogP contribution in [-0.4, -0.2) is 51.2 Å². The molecule has 0 amide bonds. The largest absolute Gasteiger partial charge is 0.365 e. The highest BCUT2D eigenvalue weighted by Gasteiger charge is 2.24. The second kappa shape index (κ2) is 6.55. The van der Waals surface area contributed by atoms with Crippen LogP contribution in [0.15, 0.2) is 28.7 Å². The number of halogens is 1. The van der Waals surface area contributed by atoms with Gasteiger partial charge in [-0.05, 0) is 55.1 Å². The lowest BCUT2D eigenvalue weighted by molar-refractivity contribution is 0.328. The molecule has 1 aliphatic heterocycles. The molecule has 0 aromatic heterocycles. The van der Waals surface area contributed by atoms with E-state index in [1.807, 2.05) is 7.05 Å². The zero-order valence-electron chi connectivity index (χ0n) is 11.2. The van der Waals surface area contributed by atoms with Crippen molar-refractivity contribution in [1.82, 2.24) is 10.2 Å². The summed E-state index contributed by atoms with van der Waals surface area (Å²) in [7, 11) is 4.25. The topological polar surface area (TPSA) is 18.5 Å². The molecule has 1 aromatic carbocycles. The number of nitrogens with one attached hydrogen (secondary N) is 1. The van der Waals surface area contributed by atoms with Gasteiger partial charge in [-0.1, -0.05) is 12.1 Å². The maximum atomic E-state index is 3.68. The third kappa shape index (κ3) is 3.25. The quantitative estimate of drug-likeness (QED) is 0.923. The van der Waals surface area contributed by atoms with E-state index in [1.165, 1.54) is 23.1 Å². The molecular weight excluding hydrogens is 290 g/mol. The zero-order valence-corrected chi connectivity index (χ0v) is 12.8. The fourth-order valence-electron chi connectivity index (χ4n) is 2.66. The number of para-hydroxylation sites is 1. The fourth-order valence-corrected chi connectivity index (χ4v) is 3.17. The first-order valence-electron chi connectivity index (χ1n) is 6.56. The van der Waals surface area contributed by atoms with Crippen LogP contribution in [0.2, 0.25) is 0 Å². The molecule has 100 valence electrons. The lowest BCUT2D eigenvalue weighted by Crippen LogP contribution is -2.46. The minimum Gasteiger partial charge on any atom is -0.365 e. The summed E-state index contributed by atoms with van der Waals surface area (Å²) in [5.74, 6) is 0. The smallest absolute Gasteiger partial charge is 0.0541 e. The van der Waals surface area contributed by atoms with Crippen LogP contribution in [0.25, 0.3) is 0 Å². The predicted molar refractivity (Wildman–Crippen MR) is 81.3 cm³/mol. The molecule has 18 heavy (non-hydrogen) atoms. The van der Waals surface area contributed by atoms with Gasteiger partial charge < -0.3 is 15.1 Å². The van der Waals surface area contributed by atoms with Crippen molar-refractivity contribution in [3.63, 3.8) is 0 Å². The molecule has 1 unspecified atom stereocenters. The Hall–Kier alpha value is -0.580. The van der Waals surface area contributed by atoms with Gasteiger partial charge in [0.25, 0.3) is 0 Å². The maximum absolute atomic E-state index is 3.68. The summed E-state index contributed by atoms with van der Waals surface area (Å²) in [4.78, 5) is 4.96. The first-order valence-corrected chi connectivity index (χ1v) is 7.36. The van der Waals surface area contributed by atoms with Crippen LogP contribution in [0, 0.1) is 0 Å². The summed E-state index contributed by atoms with van der Waals surface area (Å²) in [6.07, 6.45) is 1.22. The van der Waals surface area contributed by atoms with Crippen molar-refractivity contribution >= 4 is 21.6 Å². The van der Waals surface area contributed by atoms with Crippen LogP contribution in [-0.2, 0) is 0 Å². The van der Waals surface area contributed by atoms with E-state index in [4.69, 9.17) is 0 Å². The molecule has 1 aliphatic rings. The lowest BCUT2D eigenvalue weighted by Gasteiger charge is -2.33.